The summed E-state index contributed by atoms with van der Waals surface area (Å²) < 4.78 is 5.49. The van der Waals surface area contributed by atoms with Crippen LogP contribution < -0.4 is 9.64 Å². The molecule has 0 aromatic heterocycles. The van der Waals surface area contributed by atoms with Gasteiger partial charge in [0.2, 0.25) is 23.6 Å². The molecule has 0 spiro atoms. The monoisotopic (exact) mass is 668 g/mol. The van der Waals surface area contributed by atoms with Gasteiger partial charge < -0.3 is 14.9 Å². The highest BCUT2D eigenvalue weighted by Gasteiger charge is 2.70. The van der Waals surface area contributed by atoms with Gasteiger partial charge in [-0.1, -0.05) is 65.7 Å². The average molecular weight is 669 g/mol. The fourth-order valence-corrected chi connectivity index (χ4v) is 8.85. The second-order valence-corrected chi connectivity index (χ2v) is 13.3. The van der Waals surface area contributed by atoms with Crippen molar-refractivity contribution in [3.8, 4) is 11.5 Å². The van der Waals surface area contributed by atoms with Crippen LogP contribution in [0.1, 0.15) is 42.7 Å². The average Bonchev–Trinajstić information content (AvgIpc) is 3.46. The van der Waals surface area contributed by atoms with Crippen LogP contribution in [0.4, 0.5) is 5.69 Å². The van der Waals surface area contributed by atoms with Gasteiger partial charge >= 0.3 is 5.97 Å². The Labute approximate surface area is 281 Å². The fraction of sp³-hybridized carbons (Fsp3) is 0.324. The Morgan fingerprint density at radius 3 is 2.44 bits per heavy atom. The van der Waals surface area contributed by atoms with Crippen LogP contribution in [0.5, 0.6) is 11.5 Å². The number of anilines is 1. The van der Waals surface area contributed by atoms with Crippen molar-refractivity contribution in [1.82, 2.24) is 4.90 Å². The number of fused-ring (bicyclic) bond motifs is 4. The quantitative estimate of drug-likeness (QED) is 0.250. The molecule has 2 aliphatic carbocycles. The lowest BCUT2D eigenvalue weighted by Gasteiger charge is -2.50. The number of carbonyl (C=O) groups is 5. The van der Waals surface area contributed by atoms with Crippen LogP contribution in [-0.4, -0.2) is 58.4 Å². The Balaban J connectivity index is 1.44. The maximum Gasteiger partial charge on any atom is 0.303 e. The molecule has 3 fully saturated rings. The van der Waals surface area contributed by atoms with Gasteiger partial charge in [0, 0.05) is 23.9 Å². The first-order valence-electron chi connectivity index (χ1n) is 15.9. The molecule has 4 aliphatic rings. The van der Waals surface area contributed by atoms with Crippen molar-refractivity contribution >= 4 is 46.9 Å². The van der Waals surface area contributed by atoms with E-state index < -0.39 is 52.8 Å². The molecule has 6 unspecified atom stereocenters. The van der Waals surface area contributed by atoms with Gasteiger partial charge in [-0.3, -0.25) is 28.9 Å². The summed E-state index contributed by atoms with van der Waals surface area (Å²) >= 11 is 6.35. The number of aromatic hydroxyl groups is 1. The molecule has 11 heteroatoms. The summed E-state index contributed by atoms with van der Waals surface area (Å²) in [4.78, 5) is 71.2. The number of hydrogen-bond acceptors (Lipinski definition) is 7. The van der Waals surface area contributed by atoms with Gasteiger partial charge in [-0.25, -0.2) is 4.90 Å². The lowest BCUT2D eigenvalue weighted by molar-refractivity contribution is -0.142. The highest BCUT2D eigenvalue weighted by Crippen LogP contribution is 2.64. The predicted molar refractivity (Wildman–Crippen MR) is 174 cm³/mol. The van der Waals surface area contributed by atoms with E-state index in [0.29, 0.717) is 21.8 Å². The molecule has 3 aromatic rings. The van der Waals surface area contributed by atoms with E-state index >= 15 is 4.79 Å². The molecule has 0 radical (unpaired) electrons. The first-order valence-corrected chi connectivity index (χ1v) is 16.3. The number of amides is 4. The van der Waals surface area contributed by atoms with Gasteiger partial charge in [0.05, 0.1) is 36.0 Å². The summed E-state index contributed by atoms with van der Waals surface area (Å²) in [6, 6.07) is 20.6. The summed E-state index contributed by atoms with van der Waals surface area (Å²) in [6.45, 7) is -0.00501. The zero-order chi connectivity index (χ0) is 33.9. The number of hydrogen-bond donors (Lipinski definition) is 2. The fourth-order valence-electron chi connectivity index (χ4n) is 8.67. The number of halogens is 1. The van der Waals surface area contributed by atoms with Crippen LogP contribution in [0.25, 0.3) is 0 Å². The van der Waals surface area contributed by atoms with Crippen molar-refractivity contribution < 1.29 is 38.9 Å². The summed E-state index contributed by atoms with van der Waals surface area (Å²) in [5.41, 5.74) is 0.880. The van der Waals surface area contributed by atoms with E-state index in [-0.39, 0.29) is 55.5 Å². The van der Waals surface area contributed by atoms with E-state index in [1.807, 2.05) is 36.4 Å². The number of ether oxygens (including phenoxy) is 1. The van der Waals surface area contributed by atoms with E-state index in [4.69, 9.17) is 21.4 Å². The Morgan fingerprint density at radius 1 is 0.958 bits per heavy atom. The van der Waals surface area contributed by atoms with E-state index in [1.54, 1.807) is 36.4 Å². The maximum atomic E-state index is 15.2. The molecule has 6 atom stereocenters. The van der Waals surface area contributed by atoms with Crippen molar-refractivity contribution in [2.75, 3.05) is 18.6 Å². The first-order chi connectivity index (χ1) is 23.1. The number of rotatable bonds is 8. The molecule has 3 aromatic carbocycles. The number of benzene rings is 3. The Kier molecular flexibility index (Phi) is 7.86. The number of carboxylic acid groups (broad SMARTS) is 1. The third kappa shape index (κ3) is 4.64. The topological polar surface area (TPSA) is 142 Å². The highest BCUT2D eigenvalue weighted by molar-refractivity contribution is 6.32. The Hall–Kier alpha value is -4.96. The van der Waals surface area contributed by atoms with Gasteiger partial charge in [-0.15, -0.1) is 0 Å². The van der Waals surface area contributed by atoms with Crippen molar-refractivity contribution in [2.24, 2.45) is 23.7 Å². The lowest BCUT2D eigenvalue weighted by Crippen LogP contribution is -2.53. The molecule has 4 amide bonds. The second kappa shape index (κ2) is 11.9. The standard InChI is InChI=1S/C37H33ClN2O8/c1-48-29-17-20(12-15-28(29)41)32-24-13-14-25-31(35(46)39(33(25)44)16-6-11-30(42)43)26(24)19-27-34(45)40(23-10-5-9-22(38)18-23)36(47)37(27,32)21-7-3-2-4-8-21/h2-5,7-10,12-13,15,17-18,25-27,31-32,41H,6,11,14,16,19H2,1H3,(H,42,43). The van der Waals surface area contributed by atoms with Gasteiger partial charge in [0.15, 0.2) is 11.5 Å². The SMILES string of the molecule is COc1cc(C2C3=CCC4C(=O)N(CCCC(=O)O)C(=O)C4C3CC3C(=O)N(c4cccc(Cl)c4)C(=O)C32c2ccccc2)ccc1O. The lowest BCUT2D eigenvalue weighted by atomic mass is 9.49. The maximum absolute atomic E-state index is 15.2. The molecule has 0 bridgehead atoms. The van der Waals surface area contributed by atoms with Crippen LogP contribution in [0, 0.1) is 23.7 Å². The molecule has 48 heavy (non-hydrogen) atoms. The normalized spacial score (nSPS) is 27.8. The first kappa shape index (κ1) is 31.6. The van der Waals surface area contributed by atoms with E-state index in [2.05, 4.69) is 0 Å². The summed E-state index contributed by atoms with van der Waals surface area (Å²) in [5, 5.41) is 20.1. The van der Waals surface area contributed by atoms with Crippen LogP contribution in [-0.2, 0) is 29.4 Å². The minimum absolute atomic E-state index is 0.00501. The van der Waals surface area contributed by atoms with Gasteiger partial charge in [0.25, 0.3) is 0 Å². The number of aliphatic carboxylic acids is 1. The van der Waals surface area contributed by atoms with Crippen molar-refractivity contribution in [3.05, 3.63) is 101 Å². The van der Waals surface area contributed by atoms with E-state index in [9.17, 15) is 24.3 Å². The second-order valence-electron chi connectivity index (χ2n) is 12.9. The summed E-state index contributed by atoms with van der Waals surface area (Å²) in [7, 11) is 1.43. The molecular formula is C37H33ClN2O8. The minimum atomic E-state index is -1.45. The number of phenolic OH excluding ortho intramolecular Hbond substituents is 1. The largest absolute Gasteiger partial charge is 0.504 e. The number of carboxylic acids is 1. The third-order valence-electron chi connectivity index (χ3n) is 10.6. The number of nitrogens with zero attached hydrogens (tertiary/aromatic N) is 2. The Bertz CT molecular complexity index is 1890. The van der Waals surface area contributed by atoms with Crippen molar-refractivity contribution in [3.63, 3.8) is 0 Å². The summed E-state index contributed by atoms with van der Waals surface area (Å²) in [6.07, 6.45) is 2.29. The zero-order valence-electron chi connectivity index (χ0n) is 26.0. The summed E-state index contributed by atoms with van der Waals surface area (Å²) in [5.74, 6) is -6.23. The highest BCUT2D eigenvalue weighted by atomic mass is 35.5. The van der Waals surface area contributed by atoms with Gasteiger partial charge in [-0.05, 0) is 66.6 Å². The molecule has 2 aliphatic heterocycles. The van der Waals surface area contributed by atoms with E-state index in [1.165, 1.54) is 23.0 Å². The number of methoxy groups -OCH3 is 1. The molecule has 7 rings (SSSR count). The number of allylic oxidation sites excluding steroid dienone is 2. The number of imide groups is 2. The minimum Gasteiger partial charge on any atom is -0.504 e. The predicted octanol–water partition coefficient (Wildman–Crippen LogP) is 5.08. The molecule has 2 saturated heterocycles. The molecule has 246 valence electrons. The third-order valence-corrected chi connectivity index (χ3v) is 10.8. The smallest absolute Gasteiger partial charge is 0.303 e. The number of phenols is 1. The molecule has 10 nitrogen and oxygen atoms in total. The number of likely N-dealkylation sites (tertiary alicyclic amines) is 1. The molecule has 2 N–H and O–H groups in total. The molecular weight excluding hydrogens is 636 g/mol. The van der Waals surface area contributed by atoms with Gasteiger partial charge in [0.1, 0.15) is 0 Å². The molecule has 2 heterocycles. The van der Waals surface area contributed by atoms with Crippen LogP contribution >= 0.6 is 11.6 Å². The van der Waals surface area contributed by atoms with Crippen molar-refractivity contribution in [1.29, 1.82) is 0 Å². The van der Waals surface area contributed by atoms with Crippen LogP contribution in [0.2, 0.25) is 5.02 Å². The van der Waals surface area contributed by atoms with E-state index in [0.717, 1.165) is 5.57 Å². The number of carbonyl (C=O) groups excluding carboxylic acids is 4. The molecule has 1 saturated carbocycles. The zero-order valence-corrected chi connectivity index (χ0v) is 26.8. The van der Waals surface area contributed by atoms with Gasteiger partial charge in [-0.2, -0.15) is 0 Å². The Morgan fingerprint density at radius 2 is 1.73 bits per heavy atom. The van der Waals surface area contributed by atoms with Crippen LogP contribution in [0.15, 0.2) is 84.4 Å². The van der Waals surface area contributed by atoms with Crippen LogP contribution in [0.3, 0.4) is 0 Å². The van der Waals surface area contributed by atoms with Crippen molar-refractivity contribution in [2.45, 2.75) is 37.0 Å².